The number of benzene rings is 1. The Labute approximate surface area is 153 Å². The number of rotatable bonds is 9. The highest BCUT2D eigenvalue weighted by atomic mass is 16.5. The molecule has 26 heavy (non-hydrogen) atoms. The second kappa shape index (κ2) is 10.6. The van der Waals surface area contributed by atoms with Crippen molar-refractivity contribution in [1.82, 2.24) is 16.0 Å². The smallest absolute Gasteiger partial charge is 0.257 e. The quantitative estimate of drug-likeness (QED) is 0.579. The van der Waals surface area contributed by atoms with E-state index in [1.54, 1.807) is 12.1 Å². The van der Waals surface area contributed by atoms with Crippen LogP contribution in [-0.2, 0) is 20.9 Å². The Morgan fingerprint density at radius 2 is 2.12 bits per heavy atom. The lowest BCUT2D eigenvalue weighted by Gasteiger charge is -2.23. The van der Waals surface area contributed by atoms with Gasteiger partial charge in [0, 0.05) is 32.1 Å². The van der Waals surface area contributed by atoms with Crippen LogP contribution in [0.3, 0.4) is 0 Å². The minimum Gasteiger partial charge on any atom is -0.493 e. The van der Waals surface area contributed by atoms with Crippen LogP contribution >= 0.6 is 0 Å². The monoisotopic (exact) mass is 365 g/mol. The number of hydrogen-bond donors (Lipinski definition) is 3. The Kier molecular flexibility index (Phi) is 8.17. The largest absolute Gasteiger partial charge is 0.493 e. The molecule has 144 valence electrons. The molecule has 1 unspecified atom stereocenters. The van der Waals surface area contributed by atoms with E-state index in [9.17, 15) is 9.59 Å². The number of amides is 2. The lowest BCUT2D eigenvalue weighted by Crippen LogP contribution is -2.44. The van der Waals surface area contributed by atoms with Gasteiger partial charge in [0.25, 0.3) is 5.91 Å². The summed E-state index contributed by atoms with van der Waals surface area (Å²) in [6.07, 6.45) is 0.380. The van der Waals surface area contributed by atoms with Crippen molar-refractivity contribution in [3.63, 3.8) is 0 Å². The van der Waals surface area contributed by atoms with Crippen LogP contribution in [0, 0.1) is 0 Å². The van der Waals surface area contributed by atoms with Crippen LogP contribution in [0.15, 0.2) is 18.2 Å². The van der Waals surface area contributed by atoms with E-state index in [-0.39, 0.29) is 24.5 Å². The molecule has 0 aliphatic carbocycles. The number of likely N-dealkylation sites (N-methyl/N-ethyl adjacent to an activating group) is 1. The summed E-state index contributed by atoms with van der Waals surface area (Å²) in [6, 6.07) is 5.41. The first-order valence-corrected chi connectivity index (χ1v) is 8.76. The topological polar surface area (TPSA) is 97.9 Å². The Morgan fingerprint density at radius 1 is 1.27 bits per heavy atom. The predicted molar refractivity (Wildman–Crippen MR) is 96.2 cm³/mol. The molecule has 1 saturated heterocycles. The number of nitrogens with one attached hydrogen (secondary N) is 3. The zero-order valence-electron chi connectivity index (χ0n) is 15.3. The van der Waals surface area contributed by atoms with Gasteiger partial charge < -0.3 is 30.2 Å². The number of carbonyl (C=O) groups is 2. The van der Waals surface area contributed by atoms with Gasteiger partial charge in [-0.3, -0.25) is 9.59 Å². The zero-order chi connectivity index (χ0) is 18.8. The summed E-state index contributed by atoms with van der Waals surface area (Å²) in [4.78, 5) is 23.5. The van der Waals surface area contributed by atoms with Crippen LogP contribution in [0.25, 0.3) is 0 Å². The number of ether oxygens (including phenoxy) is 3. The second-order valence-corrected chi connectivity index (χ2v) is 5.93. The molecule has 2 amide bonds. The molecule has 1 aliphatic heterocycles. The van der Waals surface area contributed by atoms with Crippen LogP contribution in [0.5, 0.6) is 11.5 Å². The third-order valence-corrected chi connectivity index (χ3v) is 3.88. The molecule has 8 nitrogen and oxygen atoms in total. The molecule has 0 saturated carbocycles. The fourth-order valence-electron chi connectivity index (χ4n) is 2.58. The Hall–Kier alpha value is -2.32. The maximum absolute atomic E-state index is 12.0. The maximum Gasteiger partial charge on any atom is 0.257 e. The van der Waals surface area contributed by atoms with Crippen molar-refractivity contribution >= 4 is 11.8 Å². The number of morpholine rings is 1. The molecule has 1 fully saturated rings. The van der Waals surface area contributed by atoms with Gasteiger partial charge in [0.1, 0.15) is 0 Å². The summed E-state index contributed by atoms with van der Waals surface area (Å²) >= 11 is 0. The molecule has 1 atom stereocenters. The molecule has 1 aromatic rings. The Morgan fingerprint density at radius 3 is 2.81 bits per heavy atom. The Bertz CT molecular complexity index is 602. The standard InChI is InChI=1S/C18H27N3O5/c1-3-19-18(23)12-26-15-5-4-13(8-16(15)24-2)10-21-17(22)9-14-11-25-7-6-20-14/h4-5,8,14,20H,3,6-7,9-12H2,1-2H3,(H,19,23)(H,21,22). The summed E-state index contributed by atoms with van der Waals surface area (Å²) in [5.41, 5.74) is 0.883. The average Bonchev–Trinajstić information content (AvgIpc) is 2.66. The van der Waals surface area contributed by atoms with E-state index >= 15 is 0 Å². The average molecular weight is 365 g/mol. The second-order valence-electron chi connectivity index (χ2n) is 5.93. The van der Waals surface area contributed by atoms with Gasteiger partial charge in [-0.1, -0.05) is 6.07 Å². The van der Waals surface area contributed by atoms with Crippen LogP contribution in [0.2, 0.25) is 0 Å². The summed E-state index contributed by atoms with van der Waals surface area (Å²) < 4.78 is 16.1. The molecular weight excluding hydrogens is 338 g/mol. The van der Waals surface area contributed by atoms with Crippen LogP contribution in [0.4, 0.5) is 0 Å². The highest BCUT2D eigenvalue weighted by Crippen LogP contribution is 2.28. The van der Waals surface area contributed by atoms with E-state index in [0.717, 1.165) is 12.1 Å². The number of hydrogen-bond acceptors (Lipinski definition) is 6. The third kappa shape index (κ3) is 6.53. The zero-order valence-corrected chi connectivity index (χ0v) is 15.3. The van der Waals surface area contributed by atoms with Crippen molar-refractivity contribution in [2.75, 3.05) is 40.0 Å². The predicted octanol–water partition coefficient (Wildman–Crippen LogP) is 0.205. The van der Waals surface area contributed by atoms with Crippen molar-refractivity contribution in [3.8, 4) is 11.5 Å². The molecular formula is C18H27N3O5. The number of methoxy groups -OCH3 is 1. The highest BCUT2D eigenvalue weighted by molar-refractivity contribution is 5.77. The summed E-state index contributed by atoms with van der Waals surface area (Å²) in [6.45, 7) is 4.73. The lowest BCUT2D eigenvalue weighted by atomic mass is 10.1. The summed E-state index contributed by atoms with van der Waals surface area (Å²) in [5.74, 6) is 0.774. The fraction of sp³-hybridized carbons (Fsp3) is 0.556. The lowest BCUT2D eigenvalue weighted by molar-refractivity contribution is -0.123. The SMILES string of the molecule is CCNC(=O)COc1ccc(CNC(=O)CC2COCCN2)cc1OC. The minimum absolute atomic E-state index is 0.0384. The normalized spacial score (nSPS) is 16.6. The van der Waals surface area contributed by atoms with E-state index in [4.69, 9.17) is 14.2 Å². The van der Waals surface area contributed by atoms with E-state index < -0.39 is 0 Å². The van der Waals surface area contributed by atoms with Gasteiger partial charge >= 0.3 is 0 Å². The van der Waals surface area contributed by atoms with Gasteiger partial charge in [-0.15, -0.1) is 0 Å². The van der Waals surface area contributed by atoms with E-state index in [1.165, 1.54) is 7.11 Å². The molecule has 0 bridgehead atoms. The van der Waals surface area contributed by atoms with Crippen molar-refractivity contribution in [2.45, 2.75) is 25.9 Å². The molecule has 0 radical (unpaired) electrons. The van der Waals surface area contributed by atoms with E-state index in [2.05, 4.69) is 16.0 Å². The molecule has 1 heterocycles. The molecule has 0 aromatic heterocycles. The number of carbonyl (C=O) groups excluding carboxylic acids is 2. The van der Waals surface area contributed by atoms with Gasteiger partial charge in [0.2, 0.25) is 5.91 Å². The van der Waals surface area contributed by atoms with Crippen LogP contribution in [0.1, 0.15) is 18.9 Å². The first-order chi connectivity index (χ1) is 12.6. The van der Waals surface area contributed by atoms with Gasteiger partial charge in [-0.25, -0.2) is 0 Å². The molecule has 3 N–H and O–H groups in total. The molecule has 2 rings (SSSR count). The highest BCUT2D eigenvalue weighted by Gasteiger charge is 2.16. The van der Waals surface area contributed by atoms with Crippen molar-refractivity contribution in [2.24, 2.45) is 0 Å². The summed E-state index contributed by atoms with van der Waals surface area (Å²) in [5, 5.41) is 8.80. The van der Waals surface area contributed by atoms with E-state index in [1.807, 2.05) is 13.0 Å². The van der Waals surface area contributed by atoms with Crippen LogP contribution < -0.4 is 25.4 Å². The van der Waals surface area contributed by atoms with E-state index in [0.29, 0.717) is 44.2 Å². The van der Waals surface area contributed by atoms with Gasteiger partial charge in [-0.2, -0.15) is 0 Å². The molecule has 1 aliphatic rings. The maximum atomic E-state index is 12.0. The first kappa shape index (κ1) is 20.0. The molecule has 8 heteroatoms. The van der Waals surface area contributed by atoms with Gasteiger partial charge in [0.15, 0.2) is 18.1 Å². The fourth-order valence-corrected chi connectivity index (χ4v) is 2.58. The Balaban J connectivity index is 1.83. The summed E-state index contributed by atoms with van der Waals surface area (Å²) in [7, 11) is 1.53. The first-order valence-electron chi connectivity index (χ1n) is 8.76. The third-order valence-electron chi connectivity index (χ3n) is 3.88. The van der Waals surface area contributed by atoms with Gasteiger partial charge in [0.05, 0.1) is 20.3 Å². The van der Waals surface area contributed by atoms with Crippen molar-refractivity contribution in [1.29, 1.82) is 0 Å². The minimum atomic E-state index is -0.189. The van der Waals surface area contributed by atoms with Gasteiger partial charge in [-0.05, 0) is 24.6 Å². The molecule has 0 spiro atoms. The van der Waals surface area contributed by atoms with Crippen LogP contribution in [-0.4, -0.2) is 57.9 Å². The molecule has 1 aromatic carbocycles. The van der Waals surface area contributed by atoms with Crippen molar-refractivity contribution in [3.05, 3.63) is 23.8 Å². The van der Waals surface area contributed by atoms with Crippen molar-refractivity contribution < 1.29 is 23.8 Å².